The highest BCUT2D eigenvalue weighted by Crippen LogP contribution is 2.41. The normalized spacial score (nSPS) is 10.7. The summed E-state index contributed by atoms with van der Waals surface area (Å²) in [5.41, 5.74) is 4.44. The van der Waals surface area contributed by atoms with Crippen LogP contribution in [0.1, 0.15) is 35.7 Å². The smallest absolute Gasteiger partial charge is 0.251 e. The Bertz CT molecular complexity index is 1400. The minimum atomic E-state index is -0.152. The molecule has 1 amide bonds. The highest BCUT2D eigenvalue weighted by molar-refractivity contribution is 6.03. The molecule has 32 heavy (non-hydrogen) atoms. The van der Waals surface area contributed by atoms with Crippen molar-refractivity contribution in [2.24, 2.45) is 0 Å². The van der Waals surface area contributed by atoms with Gasteiger partial charge in [0.1, 0.15) is 17.1 Å². The molecule has 0 saturated carbocycles. The molecule has 0 unspecified atom stereocenters. The van der Waals surface area contributed by atoms with E-state index in [0.717, 1.165) is 40.5 Å². The summed E-state index contributed by atoms with van der Waals surface area (Å²) in [5, 5.41) is 13.7. The van der Waals surface area contributed by atoms with Crippen molar-refractivity contribution in [1.29, 1.82) is 0 Å². The highest BCUT2D eigenvalue weighted by atomic mass is 16.3. The molecule has 0 saturated heterocycles. The number of benzene rings is 3. The number of hydrogen-bond acceptors (Lipinski definition) is 4. The summed E-state index contributed by atoms with van der Waals surface area (Å²) in [7, 11) is 0. The predicted octanol–water partition coefficient (Wildman–Crippen LogP) is 5.11. The lowest BCUT2D eigenvalue weighted by Gasteiger charge is -2.17. The van der Waals surface area contributed by atoms with Crippen LogP contribution >= 0.6 is 0 Å². The molecule has 2 N–H and O–H groups in total. The maximum Gasteiger partial charge on any atom is 0.251 e. The topological polar surface area (TPSA) is 79.5 Å². The Balaban J connectivity index is 1.76. The Morgan fingerprint density at radius 1 is 1.06 bits per heavy atom. The quantitative estimate of drug-likeness (QED) is 0.264. The molecule has 0 fully saturated rings. The zero-order valence-electron chi connectivity index (χ0n) is 18.0. The Morgan fingerprint density at radius 2 is 1.88 bits per heavy atom. The van der Waals surface area contributed by atoms with Gasteiger partial charge in [-0.1, -0.05) is 6.07 Å². The maximum absolute atomic E-state index is 12.6. The maximum atomic E-state index is 12.6. The molecular weight excluding hydrogens is 402 g/mol. The predicted molar refractivity (Wildman–Crippen MR) is 126 cm³/mol. The number of aryl methyl sites for hydroxylation is 1. The zero-order valence-corrected chi connectivity index (χ0v) is 18.0. The van der Waals surface area contributed by atoms with Crippen molar-refractivity contribution < 1.29 is 14.3 Å². The second kappa shape index (κ2) is 8.99. The average molecular weight is 425 g/mol. The average Bonchev–Trinajstić information content (AvgIpc) is 2.77. The van der Waals surface area contributed by atoms with Gasteiger partial charge in [0.15, 0.2) is 5.43 Å². The first-order valence-electron chi connectivity index (χ1n) is 10.5. The number of carbonyl (C=O) groups is 1. The summed E-state index contributed by atoms with van der Waals surface area (Å²) in [4.78, 5) is 24.5. The lowest BCUT2D eigenvalue weighted by molar-refractivity contribution is 0.0953. The summed E-state index contributed by atoms with van der Waals surface area (Å²) < 4.78 is 5.91. The molecule has 1 aliphatic heterocycles. The molecule has 2 aliphatic rings. The molecule has 0 radical (unpaired) electrons. The molecule has 5 heteroatoms. The van der Waals surface area contributed by atoms with Gasteiger partial charge in [0.25, 0.3) is 5.91 Å². The summed E-state index contributed by atoms with van der Waals surface area (Å²) in [6.07, 6.45) is 1.57. The van der Waals surface area contributed by atoms with Gasteiger partial charge in [-0.15, -0.1) is 11.8 Å². The fraction of sp³-hybridized carbons (Fsp3) is 0.185. The van der Waals surface area contributed by atoms with E-state index >= 15 is 0 Å². The van der Waals surface area contributed by atoms with Crippen LogP contribution in [0.15, 0.2) is 63.8 Å². The van der Waals surface area contributed by atoms with Crippen LogP contribution in [0.2, 0.25) is 0 Å². The standard InChI is InChI=1S/C27H23NO4/c1-3-4-5-6-13-28-27(31)18-7-10-21(17(2)14-18)26-22-11-8-19(29)15-24(22)32-25-16-20(30)9-12-23(25)26/h7-12,14-16,29H,5-6,13H2,1-2H3,(H,28,31). The number of amides is 1. The molecule has 4 rings (SSSR count). The van der Waals surface area contributed by atoms with Crippen LogP contribution in [0, 0.1) is 18.8 Å². The van der Waals surface area contributed by atoms with E-state index in [1.807, 2.05) is 19.1 Å². The van der Waals surface area contributed by atoms with Crippen LogP contribution in [0.25, 0.3) is 33.4 Å². The SMILES string of the molecule is CC#CCCCNC(=O)c1ccc(-c2c3ccc(=O)cc-3oc3cc(O)ccc23)c(C)c1. The fourth-order valence-electron chi connectivity index (χ4n) is 3.84. The van der Waals surface area contributed by atoms with Crippen LogP contribution in [-0.4, -0.2) is 17.6 Å². The highest BCUT2D eigenvalue weighted by Gasteiger charge is 2.19. The number of phenolic OH excluding ortho intramolecular Hbond substituents is 1. The van der Waals surface area contributed by atoms with E-state index in [-0.39, 0.29) is 17.1 Å². The van der Waals surface area contributed by atoms with Crippen molar-refractivity contribution >= 4 is 16.9 Å². The Morgan fingerprint density at radius 3 is 2.66 bits per heavy atom. The van der Waals surface area contributed by atoms with Crippen molar-refractivity contribution in [2.75, 3.05) is 6.54 Å². The molecule has 160 valence electrons. The van der Waals surface area contributed by atoms with E-state index in [9.17, 15) is 14.7 Å². The van der Waals surface area contributed by atoms with Gasteiger partial charge in [-0.3, -0.25) is 9.59 Å². The lowest BCUT2D eigenvalue weighted by atomic mass is 9.90. The molecule has 0 atom stereocenters. The fourth-order valence-corrected chi connectivity index (χ4v) is 3.84. The largest absolute Gasteiger partial charge is 0.508 e. The summed E-state index contributed by atoms with van der Waals surface area (Å²) in [5.74, 6) is 6.24. The molecule has 0 spiro atoms. The molecule has 1 aliphatic carbocycles. The second-order valence-electron chi connectivity index (χ2n) is 7.63. The summed E-state index contributed by atoms with van der Waals surface area (Å²) in [6, 6.07) is 15.2. The molecular formula is C27H23NO4. The number of aromatic hydroxyl groups is 1. The third-order valence-electron chi connectivity index (χ3n) is 5.38. The number of phenols is 1. The number of rotatable bonds is 5. The lowest BCUT2D eigenvalue weighted by Crippen LogP contribution is -2.24. The van der Waals surface area contributed by atoms with Gasteiger partial charge in [-0.25, -0.2) is 0 Å². The van der Waals surface area contributed by atoms with Gasteiger partial charge in [0.2, 0.25) is 0 Å². The third kappa shape index (κ3) is 4.21. The Labute approximate surface area is 186 Å². The number of nitrogens with one attached hydrogen (secondary N) is 1. The van der Waals surface area contributed by atoms with E-state index < -0.39 is 0 Å². The number of unbranched alkanes of at least 4 members (excludes halogenated alkanes) is 1. The van der Waals surface area contributed by atoms with Crippen molar-refractivity contribution in [3.8, 4) is 40.0 Å². The van der Waals surface area contributed by atoms with Crippen molar-refractivity contribution in [1.82, 2.24) is 5.32 Å². The van der Waals surface area contributed by atoms with E-state index in [1.165, 1.54) is 18.2 Å². The van der Waals surface area contributed by atoms with Gasteiger partial charge in [0, 0.05) is 47.2 Å². The molecule has 2 aromatic carbocycles. The van der Waals surface area contributed by atoms with Gasteiger partial charge < -0.3 is 14.8 Å². The third-order valence-corrected chi connectivity index (χ3v) is 5.38. The molecule has 5 nitrogen and oxygen atoms in total. The van der Waals surface area contributed by atoms with Crippen LogP contribution in [-0.2, 0) is 0 Å². The Kier molecular flexibility index (Phi) is 5.96. The zero-order chi connectivity index (χ0) is 22.7. The monoisotopic (exact) mass is 425 g/mol. The van der Waals surface area contributed by atoms with Crippen molar-refractivity contribution in [3.63, 3.8) is 0 Å². The first-order chi connectivity index (χ1) is 15.5. The van der Waals surface area contributed by atoms with Crippen LogP contribution in [0.3, 0.4) is 0 Å². The van der Waals surface area contributed by atoms with Crippen LogP contribution < -0.4 is 10.7 Å². The van der Waals surface area contributed by atoms with Crippen molar-refractivity contribution in [3.05, 3.63) is 75.9 Å². The molecule has 1 heterocycles. The van der Waals surface area contributed by atoms with Gasteiger partial charge in [-0.2, -0.15) is 0 Å². The number of fused-ring (bicyclic) bond motifs is 2. The first kappa shape index (κ1) is 21.2. The molecule has 0 bridgehead atoms. The van der Waals surface area contributed by atoms with Gasteiger partial charge in [0.05, 0.1) is 0 Å². The van der Waals surface area contributed by atoms with E-state index in [1.54, 1.807) is 31.2 Å². The van der Waals surface area contributed by atoms with Crippen LogP contribution in [0.4, 0.5) is 0 Å². The Hall–Kier alpha value is -4.04. The van der Waals surface area contributed by atoms with Crippen LogP contribution in [0.5, 0.6) is 5.75 Å². The molecule has 2 aromatic rings. The first-order valence-corrected chi connectivity index (χ1v) is 10.5. The minimum absolute atomic E-state index is 0.0819. The van der Waals surface area contributed by atoms with E-state index in [0.29, 0.717) is 23.5 Å². The molecule has 0 aromatic heterocycles. The summed E-state index contributed by atoms with van der Waals surface area (Å²) in [6.45, 7) is 4.33. The van der Waals surface area contributed by atoms with E-state index in [4.69, 9.17) is 4.42 Å². The minimum Gasteiger partial charge on any atom is -0.508 e. The number of carbonyl (C=O) groups excluding carboxylic acids is 1. The van der Waals surface area contributed by atoms with Crippen molar-refractivity contribution in [2.45, 2.75) is 26.7 Å². The van der Waals surface area contributed by atoms with E-state index in [2.05, 4.69) is 17.2 Å². The number of hydrogen-bond donors (Lipinski definition) is 2. The van der Waals surface area contributed by atoms with Gasteiger partial charge >= 0.3 is 0 Å². The summed E-state index contributed by atoms with van der Waals surface area (Å²) >= 11 is 0. The second-order valence-corrected chi connectivity index (χ2v) is 7.63. The van der Waals surface area contributed by atoms with Gasteiger partial charge in [-0.05, 0) is 67.8 Å².